The number of hydrogen-bond acceptors (Lipinski definition) is 4. The van der Waals surface area contributed by atoms with Crippen LogP contribution in [0, 0.1) is 0 Å². The number of aromatic nitrogens is 2. The number of hydrogen-bond donors (Lipinski definition) is 2. The van der Waals surface area contributed by atoms with Crippen LogP contribution in [0.2, 0.25) is 0 Å². The lowest BCUT2D eigenvalue weighted by Crippen LogP contribution is -2.39. The summed E-state index contributed by atoms with van der Waals surface area (Å²) in [6.45, 7) is 1.15. The van der Waals surface area contributed by atoms with Crippen LogP contribution in [0.3, 0.4) is 0 Å². The van der Waals surface area contributed by atoms with E-state index in [9.17, 15) is 23.1 Å². The fourth-order valence-corrected chi connectivity index (χ4v) is 2.53. The summed E-state index contributed by atoms with van der Waals surface area (Å²) in [6.07, 6.45) is -3.45. The standard InChI is InChI=1S/C13H14F3N3O2S/c1-12(21,9-3-5-22-7-9)8-17-11(20)6-19-4-2-10(18-19)13(14,15)16/h2-5,7,21H,6,8H2,1H3,(H,17,20)/t12-/m0/s1. The van der Waals surface area contributed by atoms with Crippen LogP contribution >= 0.6 is 11.3 Å². The van der Waals surface area contributed by atoms with Crippen molar-refractivity contribution in [1.29, 1.82) is 0 Å². The number of rotatable bonds is 5. The number of nitrogens with one attached hydrogen (secondary N) is 1. The number of amides is 1. The van der Waals surface area contributed by atoms with Gasteiger partial charge in [0.05, 0.1) is 6.54 Å². The molecule has 5 nitrogen and oxygen atoms in total. The van der Waals surface area contributed by atoms with Crippen molar-refractivity contribution < 1.29 is 23.1 Å². The van der Waals surface area contributed by atoms with Crippen molar-refractivity contribution in [3.05, 3.63) is 40.3 Å². The van der Waals surface area contributed by atoms with Crippen molar-refractivity contribution in [2.45, 2.75) is 25.2 Å². The molecule has 0 aromatic carbocycles. The monoisotopic (exact) mass is 333 g/mol. The highest BCUT2D eigenvalue weighted by Gasteiger charge is 2.33. The zero-order valence-electron chi connectivity index (χ0n) is 11.6. The SMILES string of the molecule is C[C@](O)(CNC(=O)Cn1ccc(C(F)(F)F)n1)c1ccsc1. The van der Waals surface area contributed by atoms with Crippen LogP contribution < -0.4 is 5.32 Å². The Morgan fingerprint density at radius 1 is 1.45 bits per heavy atom. The normalized spacial score (nSPS) is 14.6. The maximum atomic E-state index is 12.4. The number of nitrogens with zero attached hydrogens (tertiary/aromatic N) is 2. The third-order valence-corrected chi connectivity index (χ3v) is 3.69. The molecule has 22 heavy (non-hydrogen) atoms. The van der Waals surface area contributed by atoms with Gasteiger partial charge in [-0.2, -0.15) is 29.6 Å². The molecule has 1 atom stereocenters. The van der Waals surface area contributed by atoms with Crippen molar-refractivity contribution in [2.75, 3.05) is 6.54 Å². The van der Waals surface area contributed by atoms with Gasteiger partial charge >= 0.3 is 6.18 Å². The molecule has 2 aromatic rings. The van der Waals surface area contributed by atoms with Crippen LogP contribution in [-0.2, 0) is 23.1 Å². The fourth-order valence-electron chi connectivity index (χ4n) is 1.75. The molecule has 0 aliphatic carbocycles. The molecule has 120 valence electrons. The average molecular weight is 333 g/mol. The molecule has 0 spiro atoms. The van der Waals surface area contributed by atoms with E-state index in [1.54, 1.807) is 23.8 Å². The largest absolute Gasteiger partial charge is 0.435 e. The molecule has 0 saturated heterocycles. The van der Waals surface area contributed by atoms with Crippen LogP contribution in [-0.4, -0.2) is 27.3 Å². The molecule has 0 unspecified atom stereocenters. The molecule has 0 fully saturated rings. The number of carbonyl (C=O) groups is 1. The van der Waals surface area contributed by atoms with Gasteiger partial charge in [0.2, 0.25) is 5.91 Å². The Morgan fingerprint density at radius 3 is 2.73 bits per heavy atom. The molecule has 0 aliphatic heterocycles. The number of aliphatic hydroxyl groups is 1. The Bertz CT molecular complexity index is 635. The van der Waals surface area contributed by atoms with Crippen LogP contribution in [0.4, 0.5) is 13.2 Å². The van der Waals surface area contributed by atoms with Gasteiger partial charge in [-0.1, -0.05) is 0 Å². The van der Waals surface area contributed by atoms with Crippen LogP contribution in [0.1, 0.15) is 18.2 Å². The van der Waals surface area contributed by atoms with Crippen LogP contribution in [0.25, 0.3) is 0 Å². The molecule has 2 rings (SSSR count). The summed E-state index contributed by atoms with van der Waals surface area (Å²) < 4.78 is 38.1. The van der Waals surface area contributed by atoms with Gasteiger partial charge in [0.25, 0.3) is 0 Å². The summed E-state index contributed by atoms with van der Waals surface area (Å²) in [5.74, 6) is -0.535. The Labute approximate surface area is 128 Å². The topological polar surface area (TPSA) is 67.2 Å². The Morgan fingerprint density at radius 2 is 2.18 bits per heavy atom. The second-order valence-corrected chi connectivity index (χ2v) is 5.74. The van der Waals surface area contributed by atoms with E-state index in [0.29, 0.717) is 5.56 Å². The highest BCUT2D eigenvalue weighted by Crippen LogP contribution is 2.27. The molecule has 1 amide bonds. The van der Waals surface area contributed by atoms with Crippen molar-refractivity contribution >= 4 is 17.2 Å². The Hall–Kier alpha value is -1.87. The number of halogens is 3. The molecule has 2 heterocycles. The van der Waals surface area contributed by atoms with Gasteiger partial charge in [0.1, 0.15) is 12.1 Å². The third kappa shape index (κ3) is 4.08. The Kier molecular flexibility index (Phi) is 4.57. The molecule has 0 aliphatic rings. The summed E-state index contributed by atoms with van der Waals surface area (Å²) in [5, 5.41) is 19.5. The van der Waals surface area contributed by atoms with Gasteiger partial charge < -0.3 is 10.4 Å². The smallest absolute Gasteiger partial charge is 0.384 e. The molecular weight excluding hydrogens is 319 g/mol. The Balaban J connectivity index is 1.90. The summed E-state index contributed by atoms with van der Waals surface area (Å²) >= 11 is 1.42. The van der Waals surface area contributed by atoms with E-state index >= 15 is 0 Å². The van der Waals surface area contributed by atoms with Gasteiger partial charge in [-0.05, 0) is 35.4 Å². The predicted octanol–water partition coefficient (Wildman–Crippen LogP) is 1.99. The fraction of sp³-hybridized carbons (Fsp3) is 0.385. The highest BCUT2D eigenvalue weighted by atomic mass is 32.1. The van der Waals surface area contributed by atoms with Gasteiger partial charge in [-0.25, -0.2) is 0 Å². The maximum Gasteiger partial charge on any atom is 0.435 e. The molecule has 0 radical (unpaired) electrons. The van der Waals surface area contributed by atoms with Crippen LogP contribution in [0.15, 0.2) is 29.1 Å². The minimum atomic E-state index is -4.54. The van der Waals surface area contributed by atoms with Crippen molar-refractivity contribution in [3.8, 4) is 0 Å². The molecular formula is C13H14F3N3O2S. The van der Waals surface area contributed by atoms with E-state index in [-0.39, 0.29) is 13.1 Å². The van der Waals surface area contributed by atoms with E-state index in [1.807, 2.05) is 0 Å². The van der Waals surface area contributed by atoms with Crippen molar-refractivity contribution in [3.63, 3.8) is 0 Å². The first kappa shape index (κ1) is 16.5. The predicted molar refractivity (Wildman–Crippen MR) is 74.1 cm³/mol. The van der Waals surface area contributed by atoms with Crippen molar-refractivity contribution in [1.82, 2.24) is 15.1 Å². The van der Waals surface area contributed by atoms with E-state index in [2.05, 4.69) is 10.4 Å². The quantitative estimate of drug-likeness (QED) is 0.879. The van der Waals surface area contributed by atoms with Crippen molar-refractivity contribution in [2.24, 2.45) is 0 Å². The van der Waals surface area contributed by atoms with Gasteiger partial charge in [-0.15, -0.1) is 0 Å². The highest BCUT2D eigenvalue weighted by molar-refractivity contribution is 7.08. The van der Waals surface area contributed by atoms with E-state index in [4.69, 9.17) is 0 Å². The first-order chi connectivity index (χ1) is 10.2. The van der Waals surface area contributed by atoms with Gasteiger partial charge in [0, 0.05) is 6.20 Å². The first-order valence-electron chi connectivity index (χ1n) is 6.31. The number of alkyl halides is 3. The first-order valence-corrected chi connectivity index (χ1v) is 7.25. The lowest BCUT2D eigenvalue weighted by molar-refractivity contribution is -0.141. The summed E-state index contributed by atoms with van der Waals surface area (Å²) in [6, 6.07) is 2.54. The number of thiophene rings is 1. The third-order valence-electron chi connectivity index (χ3n) is 3.01. The molecule has 2 aromatic heterocycles. The minimum Gasteiger partial charge on any atom is -0.384 e. The van der Waals surface area contributed by atoms with Crippen LogP contribution in [0.5, 0.6) is 0 Å². The summed E-state index contributed by atoms with van der Waals surface area (Å²) in [7, 11) is 0. The maximum absolute atomic E-state index is 12.4. The van der Waals surface area contributed by atoms with Gasteiger partial charge in [0.15, 0.2) is 5.69 Å². The zero-order valence-corrected chi connectivity index (χ0v) is 12.4. The molecule has 0 bridgehead atoms. The van der Waals surface area contributed by atoms with E-state index in [0.717, 1.165) is 16.9 Å². The minimum absolute atomic E-state index is 0.0457. The molecule has 9 heteroatoms. The second-order valence-electron chi connectivity index (χ2n) is 4.96. The molecule has 2 N–H and O–H groups in total. The average Bonchev–Trinajstić information content (AvgIpc) is 3.06. The molecule has 0 saturated carbocycles. The summed E-state index contributed by atoms with van der Waals surface area (Å²) in [5.41, 5.74) is -1.63. The second kappa shape index (κ2) is 6.09. The lowest BCUT2D eigenvalue weighted by atomic mass is 9.99. The number of carbonyl (C=O) groups excluding carboxylic acids is 1. The zero-order chi connectivity index (χ0) is 16.4. The van der Waals surface area contributed by atoms with Gasteiger partial charge in [-0.3, -0.25) is 9.48 Å². The summed E-state index contributed by atoms with van der Waals surface area (Å²) in [4.78, 5) is 11.7. The lowest BCUT2D eigenvalue weighted by Gasteiger charge is -2.22. The van der Waals surface area contributed by atoms with E-state index < -0.39 is 23.4 Å². The van der Waals surface area contributed by atoms with E-state index in [1.165, 1.54) is 11.3 Å².